The predicted molar refractivity (Wildman–Crippen MR) is 113 cm³/mol. The Balaban J connectivity index is 1.79. The predicted octanol–water partition coefficient (Wildman–Crippen LogP) is 6.38. The van der Waals surface area contributed by atoms with Gasteiger partial charge in [-0.25, -0.2) is 4.79 Å². The van der Waals surface area contributed by atoms with Crippen LogP contribution in [0.2, 0.25) is 0 Å². The van der Waals surface area contributed by atoms with Gasteiger partial charge in [-0.15, -0.1) is 0 Å². The highest BCUT2D eigenvalue weighted by Crippen LogP contribution is 2.36. The van der Waals surface area contributed by atoms with Crippen molar-refractivity contribution in [3.63, 3.8) is 0 Å². The molecule has 0 aliphatic heterocycles. The fraction of sp³-hybridized carbons (Fsp3) is 0. The van der Waals surface area contributed by atoms with Crippen molar-refractivity contribution in [2.24, 2.45) is 0 Å². The fourth-order valence-electron chi connectivity index (χ4n) is 3.07. The number of para-hydroxylation sites is 4. The van der Waals surface area contributed by atoms with Crippen molar-refractivity contribution in [3.05, 3.63) is 121 Å². The normalized spacial score (nSPS) is 10.3. The van der Waals surface area contributed by atoms with Gasteiger partial charge in [-0.05, 0) is 48.5 Å². The summed E-state index contributed by atoms with van der Waals surface area (Å²) < 4.78 is 5.60. The summed E-state index contributed by atoms with van der Waals surface area (Å²) in [5, 5.41) is 0. The van der Waals surface area contributed by atoms with Crippen LogP contribution in [0.5, 0.6) is 5.75 Å². The average Bonchev–Trinajstić information content (AvgIpc) is 2.76. The number of hydrogen-bond acceptors (Lipinski definition) is 3. The monoisotopic (exact) mass is 365 g/mol. The topological polar surface area (TPSA) is 29.5 Å². The lowest BCUT2D eigenvalue weighted by Gasteiger charge is -2.27. The molecule has 3 nitrogen and oxygen atoms in total. The Morgan fingerprint density at radius 2 is 1.04 bits per heavy atom. The molecule has 4 rings (SSSR count). The van der Waals surface area contributed by atoms with E-state index in [0.717, 1.165) is 17.1 Å². The molecule has 28 heavy (non-hydrogen) atoms. The van der Waals surface area contributed by atoms with Crippen molar-refractivity contribution in [1.82, 2.24) is 0 Å². The summed E-state index contributed by atoms with van der Waals surface area (Å²) in [4.78, 5) is 15.0. The number of hydrogen-bond donors (Lipinski definition) is 0. The second kappa shape index (κ2) is 8.23. The van der Waals surface area contributed by atoms with E-state index < -0.39 is 5.97 Å². The van der Waals surface area contributed by atoms with Crippen molar-refractivity contribution >= 4 is 23.0 Å². The Labute approximate surface area is 164 Å². The van der Waals surface area contributed by atoms with E-state index in [4.69, 9.17) is 4.74 Å². The van der Waals surface area contributed by atoms with Crippen LogP contribution in [0, 0.1) is 0 Å². The Morgan fingerprint density at radius 1 is 0.571 bits per heavy atom. The number of anilines is 3. The Hall–Kier alpha value is -3.85. The minimum Gasteiger partial charge on any atom is -0.423 e. The van der Waals surface area contributed by atoms with Gasteiger partial charge in [0, 0.05) is 11.4 Å². The minimum atomic E-state index is -0.390. The highest BCUT2D eigenvalue weighted by molar-refractivity contribution is 5.99. The number of ether oxygens (including phenoxy) is 1. The summed E-state index contributed by atoms with van der Waals surface area (Å²) in [6.07, 6.45) is 0. The third kappa shape index (κ3) is 3.79. The first-order valence-electron chi connectivity index (χ1n) is 9.09. The molecule has 4 aromatic carbocycles. The van der Waals surface area contributed by atoms with E-state index in [1.807, 2.05) is 97.1 Å². The van der Waals surface area contributed by atoms with Crippen LogP contribution in [0.25, 0.3) is 0 Å². The number of carbonyl (C=O) groups is 1. The van der Waals surface area contributed by atoms with Crippen LogP contribution in [0.1, 0.15) is 10.4 Å². The van der Waals surface area contributed by atoms with Gasteiger partial charge >= 0.3 is 5.97 Å². The maximum Gasteiger partial charge on any atom is 0.345 e. The van der Waals surface area contributed by atoms with E-state index in [-0.39, 0.29) is 0 Å². The summed E-state index contributed by atoms with van der Waals surface area (Å²) in [5.41, 5.74) is 3.20. The smallest absolute Gasteiger partial charge is 0.345 e. The number of nitrogens with zero attached hydrogens (tertiary/aromatic N) is 1. The molecule has 0 saturated carbocycles. The van der Waals surface area contributed by atoms with E-state index >= 15 is 0 Å². The summed E-state index contributed by atoms with van der Waals surface area (Å²) in [5.74, 6) is 0.131. The molecular formula is C25H19NO2. The van der Waals surface area contributed by atoms with Crippen LogP contribution >= 0.6 is 0 Å². The van der Waals surface area contributed by atoms with Crippen molar-refractivity contribution in [1.29, 1.82) is 0 Å². The molecule has 0 N–H and O–H groups in total. The number of carbonyl (C=O) groups excluding carboxylic acids is 1. The molecule has 0 saturated heterocycles. The Kier molecular flexibility index (Phi) is 5.16. The molecule has 0 unspecified atom stereocenters. The summed E-state index contributed by atoms with van der Waals surface area (Å²) in [6.45, 7) is 0. The van der Waals surface area contributed by atoms with Gasteiger partial charge in [0.05, 0.1) is 11.3 Å². The molecule has 0 heterocycles. The third-order valence-electron chi connectivity index (χ3n) is 4.35. The van der Waals surface area contributed by atoms with Crippen LogP contribution in [0.4, 0.5) is 17.1 Å². The van der Waals surface area contributed by atoms with E-state index in [0.29, 0.717) is 11.3 Å². The standard InChI is InChI=1S/C25H19NO2/c27-25(28-22-16-8-3-9-17-22)23-18-10-11-19-24(23)26(20-12-4-1-5-13-20)21-14-6-2-7-15-21/h1-19H. The Morgan fingerprint density at radius 3 is 1.61 bits per heavy atom. The molecule has 0 aliphatic carbocycles. The molecule has 136 valence electrons. The molecule has 0 atom stereocenters. The quantitative estimate of drug-likeness (QED) is 0.304. The highest BCUT2D eigenvalue weighted by Gasteiger charge is 2.20. The third-order valence-corrected chi connectivity index (χ3v) is 4.35. The average molecular weight is 365 g/mol. The lowest BCUT2D eigenvalue weighted by atomic mass is 10.1. The van der Waals surface area contributed by atoms with E-state index in [2.05, 4.69) is 4.90 Å². The second-order valence-corrected chi connectivity index (χ2v) is 6.23. The molecule has 0 aromatic heterocycles. The second-order valence-electron chi connectivity index (χ2n) is 6.23. The maximum absolute atomic E-state index is 13.0. The van der Waals surface area contributed by atoms with Gasteiger partial charge in [0.25, 0.3) is 0 Å². The van der Waals surface area contributed by atoms with Crippen molar-refractivity contribution in [3.8, 4) is 5.75 Å². The van der Waals surface area contributed by atoms with Gasteiger partial charge in [-0.2, -0.15) is 0 Å². The molecule has 0 aliphatic rings. The first kappa shape index (κ1) is 17.6. The summed E-state index contributed by atoms with van der Waals surface area (Å²) in [7, 11) is 0. The molecule has 0 bridgehead atoms. The number of esters is 1. The van der Waals surface area contributed by atoms with Crippen LogP contribution in [-0.2, 0) is 0 Å². The van der Waals surface area contributed by atoms with E-state index in [9.17, 15) is 4.79 Å². The van der Waals surface area contributed by atoms with Crippen LogP contribution < -0.4 is 9.64 Å². The fourth-order valence-corrected chi connectivity index (χ4v) is 3.07. The zero-order valence-corrected chi connectivity index (χ0v) is 15.2. The van der Waals surface area contributed by atoms with E-state index in [1.54, 1.807) is 18.2 Å². The molecule has 4 aromatic rings. The van der Waals surface area contributed by atoms with Gasteiger partial charge in [0.2, 0.25) is 0 Å². The van der Waals surface area contributed by atoms with Gasteiger partial charge in [-0.3, -0.25) is 0 Å². The van der Waals surface area contributed by atoms with Crippen LogP contribution in [0.3, 0.4) is 0 Å². The van der Waals surface area contributed by atoms with Gasteiger partial charge in [0.1, 0.15) is 5.75 Å². The van der Waals surface area contributed by atoms with Crippen molar-refractivity contribution in [2.75, 3.05) is 4.90 Å². The largest absolute Gasteiger partial charge is 0.423 e. The first-order valence-corrected chi connectivity index (χ1v) is 9.09. The number of rotatable bonds is 5. The molecule has 0 amide bonds. The van der Waals surface area contributed by atoms with E-state index in [1.165, 1.54) is 0 Å². The molecule has 0 fully saturated rings. The summed E-state index contributed by atoms with van der Waals surface area (Å²) in [6, 6.07) is 36.6. The molecule has 0 spiro atoms. The molecule has 3 heteroatoms. The van der Waals surface area contributed by atoms with Gasteiger partial charge < -0.3 is 9.64 Å². The van der Waals surface area contributed by atoms with Gasteiger partial charge in [0.15, 0.2) is 0 Å². The lowest BCUT2D eigenvalue weighted by Crippen LogP contribution is -2.17. The minimum absolute atomic E-state index is 0.390. The van der Waals surface area contributed by atoms with Crippen LogP contribution in [-0.4, -0.2) is 5.97 Å². The lowest BCUT2D eigenvalue weighted by molar-refractivity contribution is 0.0735. The zero-order chi connectivity index (χ0) is 19.2. The van der Waals surface area contributed by atoms with Crippen molar-refractivity contribution in [2.45, 2.75) is 0 Å². The molecular weight excluding hydrogens is 346 g/mol. The molecule has 0 radical (unpaired) electrons. The SMILES string of the molecule is O=C(Oc1ccccc1)c1ccccc1N(c1ccccc1)c1ccccc1. The van der Waals surface area contributed by atoms with Crippen molar-refractivity contribution < 1.29 is 9.53 Å². The highest BCUT2D eigenvalue weighted by atomic mass is 16.5. The first-order chi connectivity index (χ1) is 13.8. The Bertz CT molecular complexity index is 1010. The summed E-state index contributed by atoms with van der Waals surface area (Å²) >= 11 is 0. The van der Waals surface area contributed by atoms with Gasteiger partial charge in [-0.1, -0.05) is 66.7 Å². The maximum atomic E-state index is 13.0. The van der Waals surface area contributed by atoms with Crippen LogP contribution in [0.15, 0.2) is 115 Å². The zero-order valence-electron chi connectivity index (χ0n) is 15.2. The number of benzene rings is 4.